The van der Waals surface area contributed by atoms with Gasteiger partial charge in [-0.25, -0.2) is 13.3 Å². The molecule has 0 aromatic heterocycles. The van der Waals surface area contributed by atoms with Crippen LogP contribution in [0.3, 0.4) is 0 Å². The van der Waals surface area contributed by atoms with Gasteiger partial charge in [0.25, 0.3) is 5.91 Å². The standard InChI is InChI=1S/C24H27N3O6S/c1-16-3-5-19(17(2)13-16)27-23(28)15-20(24(27)29)25-7-9-26(10-8-25)34(30,31)18-4-6-21-22(14-18)33-12-11-32-21/h3-6,13-14,20H,7-12,15H2,1-2H3/t20-/m0/s1. The summed E-state index contributed by atoms with van der Waals surface area (Å²) < 4.78 is 38.8. The van der Waals surface area contributed by atoms with E-state index in [1.54, 1.807) is 12.1 Å². The molecule has 0 aliphatic carbocycles. The Balaban J connectivity index is 1.28. The number of ether oxygens (including phenoxy) is 2. The molecule has 0 N–H and O–H groups in total. The lowest BCUT2D eigenvalue weighted by Gasteiger charge is -2.36. The number of benzene rings is 2. The van der Waals surface area contributed by atoms with Crippen molar-refractivity contribution < 1.29 is 27.5 Å². The van der Waals surface area contributed by atoms with Crippen LogP contribution >= 0.6 is 0 Å². The van der Waals surface area contributed by atoms with Gasteiger partial charge in [-0.2, -0.15) is 4.31 Å². The van der Waals surface area contributed by atoms with Crippen molar-refractivity contribution in [2.75, 3.05) is 44.3 Å². The second kappa shape index (κ2) is 8.68. The topological polar surface area (TPSA) is 96.5 Å². The molecule has 3 heterocycles. The Hall–Kier alpha value is -2.95. The highest BCUT2D eigenvalue weighted by Crippen LogP contribution is 2.34. The summed E-state index contributed by atoms with van der Waals surface area (Å²) >= 11 is 0. The summed E-state index contributed by atoms with van der Waals surface area (Å²) in [5.41, 5.74) is 2.55. The lowest BCUT2D eigenvalue weighted by molar-refractivity contribution is -0.123. The molecule has 2 aromatic carbocycles. The number of fused-ring (bicyclic) bond motifs is 1. The molecule has 1 atom stereocenters. The van der Waals surface area contributed by atoms with Crippen LogP contribution in [0.2, 0.25) is 0 Å². The van der Waals surface area contributed by atoms with E-state index in [1.807, 2.05) is 30.9 Å². The number of hydrogen-bond donors (Lipinski definition) is 0. The Labute approximate surface area is 198 Å². The van der Waals surface area contributed by atoms with Crippen LogP contribution in [0, 0.1) is 13.8 Å². The molecule has 9 nitrogen and oxygen atoms in total. The molecule has 34 heavy (non-hydrogen) atoms. The molecule has 180 valence electrons. The summed E-state index contributed by atoms with van der Waals surface area (Å²) in [7, 11) is -3.72. The van der Waals surface area contributed by atoms with Crippen LogP contribution in [0.25, 0.3) is 0 Å². The lowest BCUT2D eigenvalue weighted by Crippen LogP contribution is -2.53. The van der Waals surface area contributed by atoms with E-state index in [9.17, 15) is 18.0 Å². The summed E-state index contributed by atoms with van der Waals surface area (Å²) in [5, 5.41) is 0. The van der Waals surface area contributed by atoms with Gasteiger partial charge in [0, 0.05) is 32.2 Å². The minimum absolute atomic E-state index is 0.0983. The number of nitrogens with zero attached hydrogens (tertiary/aromatic N) is 3. The van der Waals surface area contributed by atoms with E-state index in [-0.39, 0.29) is 36.2 Å². The molecule has 0 saturated carbocycles. The van der Waals surface area contributed by atoms with E-state index in [2.05, 4.69) is 0 Å². The molecule has 5 rings (SSSR count). The zero-order valence-electron chi connectivity index (χ0n) is 19.2. The van der Waals surface area contributed by atoms with Crippen molar-refractivity contribution in [2.45, 2.75) is 31.2 Å². The van der Waals surface area contributed by atoms with Gasteiger partial charge < -0.3 is 9.47 Å². The highest BCUT2D eigenvalue weighted by molar-refractivity contribution is 7.89. The maximum atomic E-state index is 13.2. The molecule has 10 heteroatoms. The number of piperazine rings is 1. The first-order chi connectivity index (χ1) is 16.3. The van der Waals surface area contributed by atoms with Crippen LogP contribution in [0.5, 0.6) is 11.5 Å². The van der Waals surface area contributed by atoms with Crippen LogP contribution in [0.1, 0.15) is 17.5 Å². The average Bonchev–Trinajstić information content (AvgIpc) is 3.12. The minimum atomic E-state index is -3.72. The van der Waals surface area contributed by atoms with Crippen LogP contribution in [0.15, 0.2) is 41.3 Å². The quantitative estimate of drug-likeness (QED) is 0.609. The van der Waals surface area contributed by atoms with Crippen molar-refractivity contribution in [1.82, 2.24) is 9.21 Å². The molecule has 2 saturated heterocycles. The maximum Gasteiger partial charge on any atom is 0.251 e. The lowest BCUT2D eigenvalue weighted by atomic mass is 10.1. The largest absolute Gasteiger partial charge is 0.486 e. The van der Waals surface area contributed by atoms with Crippen LogP contribution in [-0.2, 0) is 19.6 Å². The summed E-state index contributed by atoms with van der Waals surface area (Å²) in [6.07, 6.45) is 0.0983. The Bertz CT molecular complexity index is 1250. The first-order valence-electron chi connectivity index (χ1n) is 11.3. The van der Waals surface area contributed by atoms with Crippen molar-refractivity contribution in [1.29, 1.82) is 0 Å². The van der Waals surface area contributed by atoms with Gasteiger partial charge in [0.2, 0.25) is 15.9 Å². The fourth-order valence-corrected chi connectivity index (χ4v) is 6.24. The molecule has 0 unspecified atom stereocenters. The predicted molar refractivity (Wildman–Crippen MR) is 125 cm³/mol. The summed E-state index contributed by atoms with van der Waals surface area (Å²) in [6.45, 7) is 5.87. The normalized spacial score (nSPS) is 21.8. The second-order valence-corrected chi connectivity index (χ2v) is 10.8. The van der Waals surface area contributed by atoms with E-state index < -0.39 is 16.1 Å². The van der Waals surface area contributed by atoms with Gasteiger partial charge in [0.15, 0.2) is 11.5 Å². The molecule has 3 aliphatic rings. The van der Waals surface area contributed by atoms with E-state index in [0.717, 1.165) is 11.1 Å². The Morgan fingerprint density at radius 2 is 1.59 bits per heavy atom. The van der Waals surface area contributed by atoms with Gasteiger partial charge in [-0.15, -0.1) is 0 Å². The highest BCUT2D eigenvalue weighted by Gasteiger charge is 2.44. The fraction of sp³-hybridized carbons (Fsp3) is 0.417. The zero-order chi connectivity index (χ0) is 24.0. The summed E-state index contributed by atoms with van der Waals surface area (Å²) in [6, 6.07) is 9.70. The number of imide groups is 1. The number of rotatable bonds is 4. The molecular formula is C24H27N3O6S. The highest BCUT2D eigenvalue weighted by atomic mass is 32.2. The minimum Gasteiger partial charge on any atom is -0.486 e. The maximum absolute atomic E-state index is 13.2. The van der Waals surface area contributed by atoms with Crippen LogP contribution in [-0.4, -0.2) is 74.9 Å². The number of sulfonamides is 1. The van der Waals surface area contributed by atoms with Gasteiger partial charge in [-0.3, -0.25) is 14.5 Å². The summed E-state index contributed by atoms with van der Waals surface area (Å²) in [5.74, 6) is 0.480. The zero-order valence-corrected chi connectivity index (χ0v) is 20.0. The molecular weight excluding hydrogens is 458 g/mol. The Morgan fingerprint density at radius 3 is 2.29 bits per heavy atom. The van der Waals surface area contributed by atoms with Gasteiger partial charge in [-0.05, 0) is 37.6 Å². The number of carbonyl (C=O) groups is 2. The molecule has 3 aliphatic heterocycles. The third-order valence-electron chi connectivity index (χ3n) is 6.58. The van der Waals surface area contributed by atoms with Gasteiger partial charge in [0.1, 0.15) is 13.2 Å². The van der Waals surface area contributed by atoms with E-state index >= 15 is 0 Å². The van der Waals surface area contributed by atoms with Gasteiger partial charge in [0.05, 0.1) is 23.0 Å². The van der Waals surface area contributed by atoms with Crippen LogP contribution in [0.4, 0.5) is 5.69 Å². The van der Waals surface area contributed by atoms with Gasteiger partial charge >= 0.3 is 0 Å². The average molecular weight is 486 g/mol. The number of aryl methyl sites for hydroxylation is 2. The number of hydrogen-bond acceptors (Lipinski definition) is 7. The fourth-order valence-electron chi connectivity index (χ4n) is 4.80. The monoisotopic (exact) mass is 485 g/mol. The number of amides is 2. The SMILES string of the molecule is Cc1ccc(N2C(=O)C[C@H](N3CCN(S(=O)(=O)c4ccc5c(c4)OCCO5)CC3)C2=O)c(C)c1. The van der Waals surface area contributed by atoms with Crippen molar-refractivity contribution in [3.8, 4) is 11.5 Å². The van der Waals surface area contributed by atoms with Crippen molar-refractivity contribution in [3.63, 3.8) is 0 Å². The van der Waals surface area contributed by atoms with Crippen LogP contribution < -0.4 is 14.4 Å². The third kappa shape index (κ3) is 3.95. The van der Waals surface area contributed by atoms with E-state index in [4.69, 9.17) is 9.47 Å². The molecule has 2 aromatic rings. The summed E-state index contributed by atoms with van der Waals surface area (Å²) in [4.78, 5) is 29.3. The Kier molecular flexibility index (Phi) is 5.83. The smallest absolute Gasteiger partial charge is 0.251 e. The first kappa shape index (κ1) is 22.8. The first-order valence-corrected chi connectivity index (χ1v) is 12.8. The number of carbonyl (C=O) groups excluding carboxylic acids is 2. The molecule has 2 amide bonds. The van der Waals surface area contributed by atoms with Gasteiger partial charge in [-0.1, -0.05) is 17.7 Å². The van der Waals surface area contributed by atoms with Crippen molar-refractivity contribution >= 4 is 27.5 Å². The molecule has 2 fully saturated rings. The third-order valence-corrected chi connectivity index (χ3v) is 8.48. The molecule has 0 radical (unpaired) electrons. The van der Waals surface area contributed by atoms with Crippen molar-refractivity contribution in [3.05, 3.63) is 47.5 Å². The predicted octanol–water partition coefficient (Wildman–Crippen LogP) is 1.71. The molecule has 0 bridgehead atoms. The molecule has 0 spiro atoms. The van der Waals surface area contributed by atoms with Crippen molar-refractivity contribution in [2.24, 2.45) is 0 Å². The second-order valence-electron chi connectivity index (χ2n) is 8.82. The van der Waals surface area contributed by atoms with E-state index in [1.165, 1.54) is 21.3 Å². The van der Waals surface area contributed by atoms with E-state index in [0.29, 0.717) is 43.5 Å². The number of anilines is 1. The Morgan fingerprint density at radius 1 is 0.882 bits per heavy atom.